The Bertz CT molecular complexity index is 683. The Morgan fingerprint density at radius 2 is 1.26 bits per heavy atom. The Hall–Kier alpha value is -2.12. The van der Waals surface area contributed by atoms with E-state index in [0.717, 1.165) is 0 Å². The minimum Gasteiger partial charge on any atom is -0.481 e. The van der Waals surface area contributed by atoms with Crippen molar-refractivity contribution in [2.75, 3.05) is 0 Å². The SMILES string of the molecule is CC1C(C(=O)O)C(C(=O)O)CC2C1C(C(=O)O)(C(C)C)C2(C(=O)O)C(C)C. The lowest BCUT2D eigenvalue weighted by Gasteiger charge is -2.72. The van der Waals surface area contributed by atoms with Gasteiger partial charge in [0.15, 0.2) is 0 Å². The zero-order valence-electron chi connectivity index (χ0n) is 16.2. The van der Waals surface area contributed by atoms with Crippen LogP contribution < -0.4 is 0 Å². The molecule has 0 bridgehead atoms. The Balaban J connectivity index is 2.79. The van der Waals surface area contributed by atoms with Gasteiger partial charge in [-0.1, -0.05) is 34.6 Å². The van der Waals surface area contributed by atoms with Crippen LogP contribution in [-0.4, -0.2) is 44.3 Å². The van der Waals surface area contributed by atoms with Gasteiger partial charge in [-0.3, -0.25) is 19.2 Å². The molecule has 0 spiro atoms. The molecule has 152 valence electrons. The molecule has 0 saturated heterocycles. The lowest BCUT2D eigenvalue weighted by atomic mass is 9.27. The molecule has 0 aromatic rings. The first-order valence-electron chi connectivity index (χ1n) is 9.23. The maximum absolute atomic E-state index is 12.5. The lowest BCUT2D eigenvalue weighted by Crippen LogP contribution is -2.79. The van der Waals surface area contributed by atoms with E-state index in [9.17, 15) is 39.6 Å². The van der Waals surface area contributed by atoms with Gasteiger partial charge in [0.1, 0.15) is 0 Å². The summed E-state index contributed by atoms with van der Waals surface area (Å²) >= 11 is 0. The van der Waals surface area contributed by atoms with Crippen molar-refractivity contribution < 1.29 is 39.6 Å². The van der Waals surface area contributed by atoms with Crippen LogP contribution >= 0.6 is 0 Å². The summed E-state index contributed by atoms with van der Waals surface area (Å²) in [5.41, 5.74) is -3.31. The summed E-state index contributed by atoms with van der Waals surface area (Å²) in [6.45, 7) is 8.15. The van der Waals surface area contributed by atoms with E-state index in [-0.39, 0.29) is 6.42 Å². The van der Waals surface area contributed by atoms with Gasteiger partial charge < -0.3 is 20.4 Å². The molecule has 0 aromatic carbocycles. The van der Waals surface area contributed by atoms with Gasteiger partial charge in [-0.2, -0.15) is 0 Å². The van der Waals surface area contributed by atoms with E-state index < -0.39 is 76.1 Å². The maximum atomic E-state index is 12.5. The maximum Gasteiger partial charge on any atom is 0.311 e. The molecule has 2 aliphatic carbocycles. The van der Waals surface area contributed by atoms with Gasteiger partial charge in [0, 0.05) is 0 Å². The molecule has 8 heteroatoms. The third kappa shape index (κ3) is 2.28. The highest BCUT2D eigenvalue weighted by atomic mass is 16.4. The Labute approximate surface area is 157 Å². The van der Waals surface area contributed by atoms with Crippen molar-refractivity contribution in [3.63, 3.8) is 0 Å². The predicted molar refractivity (Wildman–Crippen MR) is 92.8 cm³/mol. The zero-order chi connectivity index (χ0) is 21.1. The smallest absolute Gasteiger partial charge is 0.311 e. The molecule has 2 saturated carbocycles. The summed E-state index contributed by atoms with van der Waals surface area (Å²) in [5, 5.41) is 39.6. The minimum absolute atomic E-state index is 0.145. The summed E-state index contributed by atoms with van der Waals surface area (Å²) in [6, 6.07) is 0. The minimum atomic E-state index is -1.66. The van der Waals surface area contributed by atoms with Gasteiger partial charge in [-0.15, -0.1) is 0 Å². The van der Waals surface area contributed by atoms with E-state index in [1.54, 1.807) is 34.6 Å². The van der Waals surface area contributed by atoms with Crippen LogP contribution in [0.2, 0.25) is 0 Å². The largest absolute Gasteiger partial charge is 0.481 e. The Morgan fingerprint density at radius 1 is 0.815 bits per heavy atom. The topological polar surface area (TPSA) is 149 Å². The first kappa shape index (κ1) is 21.2. The second kappa shape index (κ2) is 6.49. The van der Waals surface area contributed by atoms with Crippen LogP contribution in [0.5, 0.6) is 0 Å². The zero-order valence-corrected chi connectivity index (χ0v) is 16.2. The van der Waals surface area contributed by atoms with Crippen molar-refractivity contribution >= 4 is 23.9 Å². The van der Waals surface area contributed by atoms with Crippen LogP contribution in [0.1, 0.15) is 41.0 Å². The van der Waals surface area contributed by atoms with Crippen molar-refractivity contribution in [3.8, 4) is 0 Å². The molecule has 27 heavy (non-hydrogen) atoms. The van der Waals surface area contributed by atoms with E-state index >= 15 is 0 Å². The van der Waals surface area contributed by atoms with E-state index in [1.807, 2.05) is 0 Å². The van der Waals surface area contributed by atoms with Gasteiger partial charge in [0.05, 0.1) is 22.7 Å². The monoisotopic (exact) mass is 384 g/mol. The van der Waals surface area contributed by atoms with Gasteiger partial charge in [-0.05, 0) is 36.0 Å². The normalized spacial score (nSPS) is 40.9. The lowest BCUT2D eigenvalue weighted by molar-refractivity contribution is -0.289. The molecule has 0 heterocycles. The molecule has 8 nitrogen and oxygen atoms in total. The summed E-state index contributed by atoms with van der Waals surface area (Å²) < 4.78 is 0. The number of aliphatic carboxylic acids is 4. The van der Waals surface area contributed by atoms with Crippen LogP contribution in [0.25, 0.3) is 0 Å². The fraction of sp³-hybridized carbons (Fsp3) is 0.789. The van der Waals surface area contributed by atoms with E-state index in [4.69, 9.17) is 0 Å². The van der Waals surface area contributed by atoms with Gasteiger partial charge in [-0.25, -0.2) is 0 Å². The highest BCUT2D eigenvalue weighted by Gasteiger charge is 2.83. The van der Waals surface area contributed by atoms with Crippen molar-refractivity contribution in [1.29, 1.82) is 0 Å². The predicted octanol–water partition coefficient (Wildman–Crippen LogP) is 2.13. The molecular weight excluding hydrogens is 356 g/mol. The van der Waals surface area contributed by atoms with Crippen LogP contribution in [0.15, 0.2) is 0 Å². The summed E-state index contributed by atoms with van der Waals surface area (Å²) in [5.74, 6) is -10.9. The Morgan fingerprint density at radius 3 is 1.56 bits per heavy atom. The molecule has 0 radical (unpaired) electrons. The number of hydrogen-bond acceptors (Lipinski definition) is 4. The van der Waals surface area contributed by atoms with Gasteiger partial charge >= 0.3 is 23.9 Å². The first-order valence-corrected chi connectivity index (χ1v) is 9.23. The second-order valence-electron chi connectivity index (χ2n) is 8.69. The molecule has 7 unspecified atom stereocenters. The van der Waals surface area contributed by atoms with Crippen LogP contribution in [0.4, 0.5) is 0 Å². The standard InChI is InChI=1S/C19H28O8/c1-7(2)18(16(24)25)11-6-10(14(20)21)12(15(22)23)9(5)13(11)19(18,8(3)4)17(26)27/h7-13H,6H2,1-5H3,(H,20,21)(H,22,23)(H,24,25)(H,26,27). The van der Waals surface area contributed by atoms with E-state index in [1.165, 1.54) is 0 Å². The number of carboxylic acids is 4. The van der Waals surface area contributed by atoms with Crippen molar-refractivity contribution in [1.82, 2.24) is 0 Å². The summed E-state index contributed by atoms with van der Waals surface area (Å²) in [4.78, 5) is 48.6. The number of rotatable bonds is 6. The summed E-state index contributed by atoms with van der Waals surface area (Å²) in [7, 11) is 0. The fourth-order valence-electron chi connectivity index (χ4n) is 6.78. The van der Waals surface area contributed by atoms with Crippen LogP contribution in [0, 0.1) is 52.3 Å². The fourth-order valence-corrected chi connectivity index (χ4v) is 6.78. The molecule has 7 atom stereocenters. The van der Waals surface area contributed by atoms with Crippen molar-refractivity contribution in [3.05, 3.63) is 0 Å². The third-order valence-corrected chi connectivity index (χ3v) is 7.43. The Kier molecular flexibility index (Phi) is 5.09. The average Bonchev–Trinajstić information content (AvgIpc) is 2.46. The molecule has 2 aliphatic rings. The molecule has 2 rings (SSSR count). The highest BCUT2D eigenvalue weighted by Crippen LogP contribution is 2.76. The van der Waals surface area contributed by atoms with E-state index in [2.05, 4.69) is 0 Å². The summed E-state index contributed by atoms with van der Waals surface area (Å²) in [6.07, 6.45) is -0.145. The number of carboxylic acid groups (broad SMARTS) is 4. The number of fused-ring (bicyclic) bond motifs is 1. The molecule has 4 N–H and O–H groups in total. The quantitative estimate of drug-likeness (QED) is 0.544. The van der Waals surface area contributed by atoms with Crippen LogP contribution in [-0.2, 0) is 19.2 Å². The molecule has 0 aliphatic heterocycles. The first-order chi connectivity index (χ1) is 12.3. The van der Waals surface area contributed by atoms with Crippen LogP contribution in [0.3, 0.4) is 0 Å². The highest BCUT2D eigenvalue weighted by molar-refractivity contribution is 5.91. The third-order valence-electron chi connectivity index (χ3n) is 7.43. The van der Waals surface area contributed by atoms with Gasteiger partial charge in [0.25, 0.3) is 0 Å². The van der Waals surface area contributed by atoms with Crippen molar-refractivity contribution in [2.45, 2.75) is 41.0 Å². The van der Waals surface area contributed by atoms with Gasteiger partial charge in [0.2, 0.25) is 0 Å². The van der Waals surface area contributed by atoms with Crippen molar-refractivity contribution in [2.24, 2.45) is 52.3 Å². The van der Waals surface area contributed by atoms with E-state index in [0.29, 0.717) is 0 Å². The molecule has 0 amide bonds. The molecular formula is C19H28O8. The molecule has 0 aromatic heterocycles. The second-order valence-corrected chi connectivity index (χ2v) is 8.69. The number of carbonyl (C=O) groups is 4. The molecule has 2 fully saturated rings. The average molecular weight is 384 g/mol. The number of hydrogen-bond donors (Lipinski definition) is 4.